The van der Waals surface area contributed by atoms with Crippen LogP contribution in [-0.4, -0.2) is 10.9 Å². The van der Waals surface area contributed by atoms with Crippen molar-refractivity contribution in [2.24, 2.45) is 5.73 Å². The van der Waals surface area contributed by atoms with Gasteiger partial charge in [-0.25, -0.2) is 4.39 Å². The van der Waals surface area contributed by atoms with E-state index < -0.39 is 11.9 Å². The van der Waals surface area contributed by atoms with Crippen LogP contribution in [0.5, 0.6) is 0 Å². The van der Waals surface area contributed by atoms with Crippen LogP contribution < -0.4 is 11.1 Å². The number of nitrogens with two attached hydrogens (primary N) is 1. The Labute approximate surface area is 124 Å². The van der Waals surface area contributed by atoms with E-state index in [0.29, 0.717) is 11.3 Å². The first-order valence-corrected chi connectivity index (χ1v) is 6.68. The highest BCUT2D eigenvalue weighted by atomic mass is 79.9. The Kier molecular flexibility index (Phi) is 4.34. The molecular formula is C14H13BrFN3O. The van der Waals surface area contributed by atoms with Crippen molar-refractivity contribution in [3.63, 3.8) is 0 Å². The highest BCUT2D eigenvalue weighted by molar-refractivity contribution is 9.10. The Morgan fingerprint density at radius 1 is 1.35 bits per heavy atom. The second-order valence-electron chi connectivity index (χ2n) is 4.43. The number of hydrogen-bond donors (Lipinski definition) is 2. The largest absolute Gasteiger partial charge is 0.370 e. The minimum atomic E-state index is -0.777. The van der Waals surface area contributed by atoms with Crippen LogP contribution in [0.15, 0.2) is 41.1 Å². The first-order valence-electron chi connectivity index (χ1n) is 5.89. The molecule has 3 N–H and O–H groups in total. The number of aromatic nitrogens is 1. The van der Waals surface area contributed by atoms with Gasteiger partial charge in [0.15, 0.2) is 0 Å². The highest BCUT2D eigenvalue weighted by Crippen LogP contribution is 2.22. The summed E-state index contributed by atoms with van der Waals surface area (Å²) in [6, 6.07) is 5.42. The van der Waals surface area contributed by atoms with E-state index >= 15 is 0 Å². The third-order valence-corrected chi connectivity index (χ3v) is 3.13. The number of amides is 1. The summed E-state index contributed by atoms with van der Waals surface area (Å²) in [5, 5.41) is 2.93. The topological polar surface area (TPSA) is 68.0 Å². The van der Waals surface area contributed by atoms with Gasteiger partial charge in [0.25, 0.3) is 0 Å². The summed E-state index contributed by atoms with van der Waals surface area (Å²) in [5.74, 6) is -0.935. The molecule has 0 saturated heterocycles. The molecule has 0 aliphatic heterocycles. The number of carbonyl (C=O) groups excluding carboxylic acids is 1. The fourth-order valence-electron chi connectivity index (χ4n) is 1.89. The summed E-state index contributed by atoms with van der Waals surface area (Å²) in [7, 11) is 0. The van der Waals surface area contributed by atoms with Crippen molar-refractivity contribution in [3.05, 3.63) is 58.1 Å². The van der Waals surface area contributed by atoms with Crippen LogP contribution in [0.1, 0.15) is 17.2 Å². The first-order chi connectivity index (χ1) is 9.45. The van der Waals surface area contributed by atoms with Gasteiger partial charge in [-0.2, -0.15) is 0 Å². The smallest absolute Gasteiger partial charge is 0.244 e. The Hall–Kier alpha value is -1.95. The number of anilines is 1. The SMILES string of the molecule is Cc1cc(F)cc(NC(C(N)=O)c2cncc(Br)c2)c1. The normalized spacial score (nSPS) is 11.9. The quantitative estimate of drug-likeness (QED) is 0.901. The number of halogens is 2. The summed E-state index contributed by atoms with van der Waals surface area (Å²) < 4.78 is 14.1. The molecule has 0 fully saturated rings. The molecule has 1 atom stereocenters. The number of primary amides is 1. The van der Waals surface area contributed by atoms with E-state index in [1.165, 1.54) is 12.1 Å². The molecular weight excluding hydrogens is 325 g/mol. The lowest BCUT2D eigenvalue weighted by Gasteiger charge is -2.17. The van der Waals surface area contributed by atoms with Crippen LogP contribution in [0.3, 0.4) is 0 Å². The minimum Gasteiger partial charge on any atom is -0.370 e. The lowest BCUT2D eigenvalue weighted by Crippen LogP contribution is -2.27. The van der Waals surface area contributed by atoms with Crippen molar-refractivity contribution in [2.75, 3.05) is 5.32 Å². The fourth-order valence-corrected chi connectivity index (χ4v) is 2.27. The van der Waals surface area contributed by atoms with E-state index in [1.54, 1.807) is 31.5 Å². The lowest BCUT2D eigenvalue weighted by molar-refractivity contribution is -0.118. The Morgan fingerprint density at radius 2 is 2.10 bits per heavy atom. The van der Waals surface area contributed by atoms with Gasteiger partial charge in [0.05, 0.1) is 0 Å². The number of nitrogens with one attached hydrogen (secondary N) is 1. The van der Waals surface area contributed by atoms with Crippen LogP contribution in [-0.2, 0) is 4.79 Å². The zero-order chi connectivity index (χ0) is 14.7. The number of benzene rings is 1. The molecule has 104 valence electrons. The molecule has 0 aliphatic carbocycles. The number of rotatable bonds is 4. The summed E-state index contributed by atoms with van der Waals surface area (Å²) >= 11 is 3.29. The standard InChI is InChI=1S/C14H13BrFN3O/c1-8-2-11(16)5-12(3-8)19-13(14(17)20)9-4-10(15)7-18-6-9/h2-7,13,19H,1H3,(H2,17,20). The number of pyridine rings is 1. The van der Waals surface area contributed by atoms with Gasteiger partial charge in [-0.15, -0.1) is 0 Å². The minimum absolute atomic E-state index is 0.372. The molecule has 1 heterocycles. The van der Waals surface area contributed by atoms with E-state index in [-0.39, 0.29) is 5.82 Å². The van der Waals surface area contributed by atoms with Crippen molar-refractivity contribution in [1.29, 1.82) is 0 Å². The predicted octanol–water partition coefficient (Wildman–Crippen LogP) is 2.93. The maximum atomic E-state index is 13.4. The molecule has 20 heavy (non-hydrogen) atoms. The van der Waals surface area contributed by atoms with Crippen LogP contribution in [0, 0.1) is 12.7 Å². The molecule has 0 aliphatic rings. The summed E-state index contributed by atoms with van der Waals surface area (Å²) in [4.78, 5) is 15.6. The molecule has 1 aromatic heterocycles. The van der Waals surface area contributed by atoms with Gasteiger partial charge in [-0.05, 0) is 52.7 Å². The molecule has 2 rings (SSSR count). The molecule has 2 aromatic rings. The van der Waals surface area contributed by atoms with Crippen LogP contribution in [0.2, 0.25) is 0 Å². The molecule has 0 spiro atoms. The second-order valence-corrected chi connectivity index (χ2v) is 5.35. The van der Waals surface area contributed by atoms with Gasteiger partial charge in [-0.3, -0.25) is 9.78 Å². The maximum Gasteiger partial charge on any atom is 0.244 e. The molecule has 0 radical (unpaired) electrons. The van der Waals surface area contributed by atoms with Crippen molar-refractivity contribution in [3.8, 4) is 0 Å². The van der Waals surface area contributed by atoms with Crippen LogP contribution in [0.4, 0.5) is 10.1 Å². The van der Waals surface area contributed by atoms with E-state index in [4.69, 9.17) is 5.73 Å². The Bertz CT molecular complexity index is 628. The average Bonchev–Trinajstić information content (AvgIpc) is 2.34. The van der Waals surface area contributed by atoms with Gasteiger partial charge in [0.1, 0.15) is 11.9 Å². The number of aryl methyl sites for hydroxylation is 1. The Balaban J connectivity index is 2.33. The van der Waals surface area contributed by atoms with E-state index in [0.717, 1.165) is 10.0 Å². The van der Waals surface area contributed by atoms with Gasteiger partial charge in [0, 0.05) is 28.1 Å². The third kappa shape index (κ3) is 3.54. The zero-order valence-electron chi connectivity index (χ0n) is 10.7. The molecule has 1 unspecified atom stereocenters. The molecule has 0 bridgehead atoms. The summed E-state index contributed by atoms with van der Waals surface area (Å²) in [6.07, 6.45) is 3.15. The van der Waals surface area contributed by atoms with E-state index in [9.17, 15) is 9.18 Å². The maximum absolute atomic E-state index is 13.4. The van der Waals surface area contributed by atoms with Crippen molar-refractivity contribution in [2.45, 2.75) is 13.0 Å². The average molecular weight is 338 g/mol. The molecule has 4 nitrogen and oxygen atoms in total. The van der Waals surface area contributed by atoms with E-state index in [1.807, 2.05) is 0 Å². The predicted molar refractivity (Wildman–Crippen MR) is 78.6 cm³/mol. The molecule has 1 aromatic carbocycles. The van der Waals surface area contributed by atoms with Crippen molar-refractivity contribution in [1.82, 2.24) is 4.98 Å². The number of carbonyl (C=O) groups is 1. The highest BCUT2D eigenvalue weighted by Gasteiger charge is 2.18. The zero-order valence-corrected chi connectivity index (χ0v) is 12.3. The Morgan fingerprint density at radius 3 is 2.70 bits per heavy atom. The van der Waals surface area contributed by atoms with Gasteiger partial charge in [0.2, 0.25) is 5.91 Å². The monoisotopic (exact) mass is 337 g/mol. The summed E-state index contributed by atoms with van der Waals surface area (Å²) in [5.41, 5.74) is 7.25. The van der Waals surface area contributed by atoms with Gasteiger partial charge < -0.3 is 11.1 Å². The number of nitrogens with zero attached hydrogens (tertiary/aromatic N) is 1. The summed E-state index contributed by atoms with van der Waals surface area (Å²) in [6.45, 7) is 1.77. The number of hydrogen-bond acceptors (Lipinski definition) is 3. The van der Waals surface area contributed by atoms with Crippen LogP contribution in [0.25, 0.3) is 0 Å². The molecule has 1 amide bonds. The van der Waals surface area contributed by atoms with Crippen molar-refractivity contribution < 1.29 is 9.18 Å². The lowest BCUT2D eigenvalue weighted by atomic mass is 10.1. The van der Waals surface area contributed by atoms with Crippen molar-refractivity contribution >= 4 is 27.5 Å². The van der Waals surface area contributed by atoms with Gasteiger partial charge >= 0.3 is 0 Å². The third-order valence-electron chi connectivity index (χ3n) is 2.70. The van der Waals surface area contributed by atoms with E-state index in [2.05, 4.69) is 26.2 Å². The first kappa shape index (κ1) is 14.5. The van der Waals surface area contributed by atoms with Gasteiger partial charge in [-0.1, -0.05) is 0 Å². The fraction of sp³-hybridized carbons (Fsp3) is 0.143. The molecule has 6 heteroatoms. The molecule has 0 saturated carbocycles. The second kappa shape index (κ2) is 6.00. The van der Waals surface area contributed by atoms with Crippen LogP contribution >= 0.6 is 15.9 Å².